The van der Waals surface area contributed by atoms with Crippen molar-refractivity contribution in [1.29, 1.82) is 0 Å². The largest absolute Gasteiger partial charge is 0.381 e. The van der Waals surface area contributed by atoms with Gasteiger partial charge in [-0.1, -0.05) is 24.6 Å². The van der Waals surface area contributed by atoms with Gasteiger partial charge in [0.1, 0.15) is 0 Å². The van der Waals surface area contributed by atoms with Crippen LogP contribution in [0.2, 0.25) is 0 Å². The molecule has 12 heavy (non-hydrogen) atoms. The maximum Gasteiger partial charge on any atom is 0.0646 e. The van der Waals surface area contributed by atoms with Crippen LogP contribution in [0.1, 0.15) is 26.7 Å². The zero-order valence-corrected chi connectivity index (χ0v) is 8.47. The van der Waals surface area contributed by atoms with Crippen molar-refractivity contribution >= 4 is 0 Å². The van der Waals surface area contributed by atoms with Crippen LogP contribution in [0.3, 0.4) is 0 Å². The fourth-order valence-electron chi connectivity index (χ4n) is 0.901. The lowest BCUT2D eigenvalue weighted by atomic mass is 10.0. The second-order valence-electron chi connectivity index (χ2n) is 3.26. The molecular weight excluding hydrogens is 148 g/mol. The maximum absolute atomic E-state index is 4.95. The minimum Gasteiger partial charge on any atom is -0.381 e. The number of methoxy groups -OCH3 is 1. The fourth-order valence-corrected chi connectivity index (χ4v) is 0.901. The molecule has 0 aliphatic carbocycles. The highest BCUT2D eigenvalue weighted by Crippen LogP contribution is 2.11. The number of rotatable bonds is 6. The van der Waals surface area contributed by atoms with E-state index in [9.17, 15) is 0 Å². The summed E-state index contributed by atoms with van der Waals surface area (Å²) >= 11 is 0. The van der Waals surface area contributed by atoms with Crippen molar-refractivity contribution in [2.45, 2.75) is 26.7 Å². The molecule has 0 aliphatic heterocycles. The van der Waals surface area contributed by atoms with Crippen LogP contribution in [0.4, 0.5) is 0 Å². The van der Waals surface area contributed by atoms with Gasteiger partial charge in [0.05, 0.1) is 6.61 Å². The van der Waals surface area contributed by atoms with Crippen LogP contribution < -0.4 is 0 Å². The first-order valence-electron chi connectivity index (χ1n) is 4.47. The Morgan fingerprint density at radius 3 is 2.75 bits per heavy atom. The maximum atomic E-state index is 4.95. The lowest BCUT2D eigenvalue weighted by Gasteiger charge is -2.05. The van der Waals surface area contributed by atoms with Crippen LogP contribution in [0.15, 0.2) is 24.3 Å². The minimum atomic E-state index is 0.621. The summed E-state index contributed by atoms with van der Waals surface area (Å²) in [4.78, 5) is 0. The van der Waals surface area contributed by atoms with Crippen LogP contribution in [0.25, 0.3) is 0 Å². The van der Waals surface area contributed by atoms with Crippen LogP contribution in [-0.4, -0.2) is 13.7 Å². The number of allylic oxidation sites excluding steroid dienone is 2. The highest BCUT2D eigenvalue weighted by molar-refractivity contribution is 4.98. The summed E-state index contributed by atoms with van der Waals surface area (Å²) in [6, 6.07) is 0. The first kappa shape index (κ1) is 11.4. The molecule has 1 nitrogen and oxygen atoms in total. The Balaban J connectivity index is 3.55. The standard InChI is InChI=1S/C11H20O/c1-5-10(2)6-7-11(3)8-9-12-4/h5,8,10H,1,6-7,9H2,2-4H3. The third-order valence-corrected chi connectivity index (χ3v) is 1.99. The van der Waals surface area contributed by atoms with Gasteiger partial charge in [-0.15, -0.1) is 6.58 Å². The predicted molar refractivity (Wildman–Crippen MR) is 54.2 cm³/mol. The van der Waals surface area contributed by atoms with E-state index in [0.717, 1.165) is 13.0 Å². The van der Waals surface area contributed by atoms with Gasteiger partial charge < -0.3 is 4.74 Å². The molecule has 0 aromatic rings. The van der Waals surface area contributed by atoms with Crippen LogP contribution in [0, 0.1) is 5.92 Å². The fraction of sp³-hybridized carbons (Fsp3) is 0.636. The Bertz CT molecular complexity index is 147. The summed E-state index contributed by atoms with van der Waals surface area (Å²) in [5.41, 5.74) is 1.41. The normalized spacial score (nSPS) is 14.4. The molecule has 0 aromatic carbocycles. The molecule has 0 aliphatic rings. The smallest absolute Gasteiger partial charge is 0.0646 e. The first-order chi connectivity index (χ1) is 5.70. The average Bonchev–Trinajstić information content (AvgIpc) is 2.10. The Labute approximate surface area is 76.1 Å². The van der Waals surface area contributed by atoms with Gasteiger partial charge in [-0.25, -0.2) is 0 Å². The average molecular weight is 168 g/mol. The number of hydrogen-bond donors (Lipinski definition) is 0. The van der Waals surface area contributed by atoms with E-state index < -0.39 is 0 Å². The molecule has 0 radical (unpaired) electrons. The monoisotopic (exact) mass is 168 g/mol. The summed E-state index contributed by atoms with van der Waals surface area (Å²) in [5.74, 6) is 0.621. The molecule has 0 saturated heterocycles. The van der Waals surface area contributed by atoms with Crippen molar-refractivity contribution < 1.29 is 4.74 Å². The minimum absolute atomic E-state index is 0.621. The molecule has 0 saturated carbocycles. The Morgan fingerprint density at radius 1 is 1.58 bits per heavy atom. The third-order valence-electron chi connectivity index (χ3n) is 1.99. The lowest BCUT2D eigenvalue weighted by molar-refractivity contribution is 0.233. The zero-order valence-electron chi connectivity index (χ0n) is 8.47. The molecule has 0 fully saturated rings. The van der Waals surface area contributed by atoms with Crippen molar-refractivity contribution in [3.05, 3.63) is 24.3 Å². The van der Waals surface area contributed by atoms with Crippen molar-refractivity contribution in [3.8, 4) is 0 Å². The second kappa shape index (κ2) is 7.11. The molecule has 1 unspecified atom stereocenters. The Kier molecular flexibility index (Phi) is 6.78. The highest BCUT2D eigenvalue weighted by atomic mass is 16.5. The van der Waals surface area contributed by atoms with Crippen molar-refractivity contribution in [2.75, 3.05) is 13.7 Å². The van der Waals surface area contributed by atoms with Gasteiger partial charge in [-0.3, -0.25) is 0 Å². The molecule has 0 amide bonds. The van der Waals surface area contributed by atoms with Gasteiger partial charge in [0, 0.05) is 7.11 Å². The van der Waals surface area contributed by atoms with Crippen molar-refractivity contribution in [3.63, 3.8) is 0 Å². The van der Waals surface area contributed by atoms with Gasteiger partial charge in [0.25, 0.3) is 0 Å². The number of ether oxygens (including phenoxy) is 1. The van der Waals surface area contributed by atoms with Gasteiger partial charge in [0.15, 0.2) is 0 Å². The quantitative estimate of drug-likeness (QED) is 0.553. The topological polar surface area (TPSA) is 9.23 Å². The van der Waals surface area contributed by atoms with Crippen LogP contribution in [0.5, 0.6) is 0 Å². The predicted octanol–water partition coefficient (Wildman–Crippen LogP) is 3.18. The summed E-state index contributed by atoms with van der Waals surface area (Å²) in [6.07, 6.45) is 6.48. The summed E-state index contributed by atoms with van der Waals surface area (Å²) < 4.78 is 4.95. The molecule has 70 valence electrons. The van der Waals surface area contributed by atoms with Gasteiger partial charge >= 0.3 is 0 Å². The van der Waals surface area contributed by atoms with E-state index >= 15 is 0 Å². The second-order valence-corrected chi connectivity index (χ2v) is 3.26. The number of hydrogen-bond acceptors (Lipinski definition) is 1. The van der Waals surface area contributed by atoms with Gasteiger partial charge in [0.2, 0.25) is 0 Å². The zero-order chi connectivity index (χ0) is 9.40. The van der Waals surface area contributed by atoms with E-state index in [-0.39, 0.29) is 0 Å². The first-order valence-corrected chi connectivity index (χ1v) is 4.47. The Morgan fingerprint density at radius 2 is 2.25 bits per heavy atom. The molecule has 0 N–H and O–H groups in total. The molecule has 0 heterocycles. The molecule has 0 aromatic heterocycles. The third kappa shape index (κ3) is 6.17. The van der Waals surface area contributed by atoms with E-state index in [1.165, 1.54) is 12.0 Å². The molecule has 0 spiro atoms. The molecule has 0 bridgehead atoms. The molecule has 0 rings (SSSR count). The van der Waals surface area contributed by atoms with E-state index in [1.807, 2.05) is 6.08 Å². The van der Waals surface area contributed by atoms with E-state index in [2.05, 4.69) is 26.5 Å². The molecule has 1 atom stereocenters. The molecular formula is C11H20O. The van der Waals surface area contributed by atoms with E-state index in [1.54, 1.807) is 7.11 Å². The summed E-state index contributed by atoms with van der Waals surface area (Å²) in [5, 5.41) is 0. The van der Waals surface area contributed by atoms with Crippen molar-refractivity contribution in [1.82, 2.24) is 0 Å². The van der Waals surface area contributed by atoms with Gasteiger partial charge in [-0.05, 0) is 25.7 Å². The van der Waals surface area contributed by atoms with Crippen LogP contribution in [-0.2, 0) is 4.74 Å². The summed E-state index contributed by atoms with van der Waals surface area (Å²) in [6.45, 7) is 8.83. The SMILES string of the molecule is C=CC(C)CCC(C)=CCOC. The van der Waals surface area contributed by atoms with Gasteiger partial charge in [-0.2, -0.15) is 0 Å². The van der Waals surface area contributed by atoms with Crippen molar-refractivity contribution in [2.24, 2.45) is 5.92 Å². The van der Waals surface area contributed by atoms with E-state index in [4.69, 9.17) is 4.74 Å². The van der Waals surface area contributed by atoms with E-state index in [0.29, 0.717) is 5.92 Å². The molecule has 1 heteroatoms. The summed E-state index contributed by atoms with van der Waals surface area (Å²) in [7, 11) is 1.72. The van der Waals surface area contributed by atoms with Crippen LogP contribution >= 0.6 is 0 Å². The highest BCUT2D eigenvalue weighted by Gasteiger charge is 1.96. The Hall–Kier alpha value is -0.560. The lowest BCUT2D eigenvalue weighted by Crippen LogP contribution is -1.91.